The molecule has 0 fully saturated rings. The van der Waals surface area contributed by atoms with Crippen molar-refractivity contribution < 1.29 is 5.11 Å². The molecular weight excluding hydrogens is 280 g/mol. The van der Waals surface area contributed by atoms with Crippen molar-refractivity contribution in [2.75, 3.05) is 5.75 Å². The number of benzene rings is 1. The van der Waals surface area contributed by atoms with Crippen LogP contribution in [0.25, 0.3) is 0 Å². The first-order valence-electron chi connectivity index (χ1n) is 7.31. The molecule has 0 aliphatic rings. The standard InChI is InChI=1S/C17H26OSSi/c1-5-9-17(18)15(12-13-20(2,3)4)14-19-16-10-7-6-8-11-16/h6-8,10-11,15,17-18H,5,9,14H2,1-4H3/t15-,17+/m0/s1. The maximum Gasteiger partial charge on any atom is 0.129 e. The van der Waals surface area contributed by atoms with Crippen molar-refractivity contribution in [3.05, 3.63) is 30.3 Å². The highest BCUT2D eigenvalue weighted by molar-refractivity contribution is 7.99. The summed E-state index contributed by atoms with van der Waals surface area (Å²) in [6.07, 6.45) is 1.53. The summed E-state index contributed by atoms with van der Waals surface area (Å²) in [7, 11) is -1.38. The Morgan fingerprint density at radius 1 is 1.20 bits per heavy atom. The van der Waals surface area contributed by atoms with E-state index in [4.69, 9.17) is 0 Å². The zero-order valence-electron chi connectivity index (χ0n) is 13.0. The van der Waals surface area contributed by atoms with E-state index in [1.807, 2.05) is 18.2 Å². The summed E-state index contributed by atoms with van der Waals surface area (Å²) in [5.41, 5.74) is 3.41. The molecule has 0 unspecified atom stereocenters. The zero-order chi connectivity index (χ0) is 15.0. The second-order valence-electron chi connectivity index (χ2n) is 6.11. The predicted molar refractivity (Wildman–Crippen MR) is 92.7 cm³/mol. The fourth-order valence-corrected chi connectivity index (χ4v) is 3.40. The molecule has 1 N–H and O–H groups in total. The van der Waals surface area contributed by atoms with Crippen LogP contribution in [0.2, 0.25) is 19.6 Å². The third kappa shape index (κ3) is 7.19. The van der Waals surface area contributed by atoms with Gasteiger partial charge in [-0.2, -0.15) is 0 Å². The summed E-state index contributed by atoms with van der Waals surface area (Å²) in [6.45, 7) is 8.84. The van der Waals surface area contributed by atoms with Crippen molar-refractivity contribution in [1.29, 1.82) is 0 Å². The van der Waals surface area contributed by atoms with Crippen LogP contribution in [-0.2, 0) is 0 Å². The number of hydrogen-bond acceptors (Lipinski definition) is 2. The van der Waals surface area contributed by atoms with Gasteiger partial charge >= 0.3 is 0 Å². The van der Waals surface area contributed by atoms with Gasteiger partial charge in [-0.25, -0.2) is 0 Å². The molecule has 1 rings (SSSR count). The molecule has 0 bridgehead atoms. The van der Waals surface area contributed by atoms with E-state index in [9.17, 15) is 5.11 Å². The lowest BCUT2D eigenvalue weighted by Gasteiger charge is -2.18. The summed E-state index contributed by atoms with van der Waals surface area (Å²) in [5.74, 6) is 4.29. The first-order chi connectivity index (χ1) is 9.42. The van der Waals surface area contributed by atoms with Gasteiger partial charge in [-0.05, 0) is 18.6 Å². The average Bonchev–Trinajstić information content (AvgIpc) is 2.39. The minimum absolute atomic E-state index is 0.0758. The van der Waals surface area contributed by atoms with Crippen molar-refractivity contribution in [2.24, 2.45) is 5.92 Å². The van der Waals surface area contributed by atoms with Crippen LogP contribution in [0.15, 0.2) is 35.2 Å². The molecule has 110 valence electrons. The van der Waals surface area contributed by atoms with Crippen molar-refractivity contribution in [1.82, 2.24) is 0 Å². The van der Waals surface area contributed by atoms with Crippen LogP contribution in [0.4, 0.5) is 0 Å². The van der Waals surface area contributed by atoms with E-state index in [0.29, 0.717) is 0 Å². The number of hydrogen-bond donors (Lipinski definition) is 1. The summed E-state index contributed by atoms with van der Waals surface area (Å²) in [5, 5.41) is 10.3. The van der Waals surface area contributed by atoms with E-state index in [-0.39, 0.29) is 12.0 Å². The highest BCUT2D eigenvalue weighted by Crippen LogP contribution is 2.23. The molecule has 0 saturated carbocycles. The van der Waals surface area contributed by atoms with E-state index in [1.165, 1.54) is 4.90 Å². The molecule has 3 heteroatoms. The van der Waals surface area contributed by atoms with Crippen LogP contribution in [-0.4, -0.2) is 25.0 Å². The second-order valence-corrected chi connectivity index (χ2v) is 11.9. The summed E-state index contributed by atoms with van der Waals surface area (Å²) in [6, 6.07) is 10.3. The minimum Gasteiger partial charge on any atom is -0.392 e. The van der Waals surface area contributed by atoms with Crippen molar-refractivity contribution in [3.63, 3.8) is 0 Å². The van der Waals surface area contributed by atoms with Gasteiger partial charge in [0.15, 0.2) is 0 Å². The lowest BCUT2D eigenvalue weighted by Crippen LogP contribution is -2.23. The van der Waals surface area contributed by atoms with Crippen LogP contribution in [0.5, 0.6) is 0 Å². The van der Waals surface area contributed by atoms with Gasteiger partial charge < -0.3 is 5.11 Å². The Bertz CT molecular complexity index is 442. The zero-order valence-corrected chi connectivity index (χ0v) is 14.8. The van der Waals surface area contributed by atoms with Gasteiger partial charge in [-0.3, -0.25) is 0 Å². The Morgan fingerprint density at radius 2 is 1.85 bits per heavy atom. The maximum absolute atomic E-state index is 10.3. The van der Waals surface area contributed by atoms with E-state index in [0.717, 1.165) is 18.6 Å². The Labute approximate surface area is 129 Å². The fourth-order valence-electron chi connectivity index (χ4n) is 1.76. The number of aliphatic hydroxyl groups excluding tert-OH is 1. The van der Waals surface area contributed by atoms with E-state index >= 15 is 0 Å². The molecule has 20 heavy (non-hydrogen) atoms. The molecule has 0 spiro atoms. The van der Waals surface area contributed by atoms with Gasteiger partial charge in [0, 0.05) is 10.6 Å². The lowest BCUT2D eigenvalue weighted by atomic mass is 10.0. The molecule has 0 radical (unpaired) electrons. The van der Waals surface area contributed by atoms with Gasteiger partial charge in [0.05, 0.1) is 12.0 Å². The monoisotopic (exact) mass is 306 g/mol. The largest absolute Gasteiger partial charge is 0.392 e. The molecule has 1 aromatic carbocycles. The fraction of sp³-hybridized carbons (Fsp3) is 0.529. The van der Waals surface area contributed by atoms with Crippen LogP contribution in [0.3, 0.4) is 0 Å². The Balaban J connectivity index is 2.69. The quantitative estimate of drug-likeness (QED) is 0.476. The molecule has 0 heterocycles. The number of thioether (sulfide) groups is 1. The summed E-state index contributed by atoms with van der Waals surface area (Å²) < 4.78 is 0. The summed E-state index contributed by atoms with van der Waals surface area (Å²) >= 11 is 1.79. The first kappa shape index (κ1) is 17.4. The lowest BCUT2D eigenvalue weighted by molar-refractivity contribution is 0.133. The van der Waals surface area contributed by atoms with Crippen molar-refractivity contribution in [3.8, 4) is 11.5 Å². The third-order valence-corrected chi connectivity index (χ3v) is 4.88. The van der Waals surface area contributed by atoms with Crippen LogP contribution < -0.4 is 0 Å². The molecule has 1 aromatic rings. The van der Waals surface area contributed by atoms with Crippen molar-refractivity contribution >= 4 is 19.8 Å². The van der Waals surface area contributed by atoms with Gasteiger partial charge in [0.25, 0.3) is 0 Å². The molecule has 0 saturated heterocycles. The SMILES string of the molecule is CCC[C@@H](O)[C@@H](C#C[Si](C)(C)C)CSc1ccccc1. The molecule has 0 aliphatic heterocycles. The maximum atomic E-state index is 10.3. The Morgan fingerprint density at radius 3 is 2.40 bits per heavy atom. The van der Waals surface area contributed by atoms with Gasteiger partial charge in [-0.1, -0.05) is 51.2 Å². The van der Waals surface area contributed by atoms with Crippen LogP contribution in [0, 0.1) is 17.4 Å². The highest BCUT2D eigenvalue weighted by atomic mass is 32.2. The molecule has 2 atom stereocenters. The number of aliphatic hydroxyl groups is 1. The van der Waals surface area contributed by atoms with Gasteiger partial charge in [0.2, 0.25) is 0 Å². The molecular formula is C17H26OSSi. The van der Waals surface area contributed by atoms with Crippen LogP contribution in [0.1, 0.15) is 19.8 Å². The normalized spacial score (nSPS) is 14.2. The average molecular weight is 307 g/mol. The van der Waals surface area contributed by atoms with Gasteiger partial charge in [0.1, 0.15) is 8.07 Å². The minimum atomic E-state index is -1.38. The first-order valence-corrected chi connectivity index (χ1v) is 11.8. The Kier molecular flexibility index (Phi) is 7.43. The molecule has 0 aliphatic carbocycles. The third-order valence-electron chi connectivity index (χ3n) is 2.85. The number of rotatable bonds is 6. The van der Waals surface area contributed by atoms with Crippen molar-refractivity contribution in [2.45, 2.75) is 50.4 Å². The van der Waals surface area contributed by atoms with E-state index in [2.05, 4.69) is 50.2 Å². The van der Waals surface area contributed by atoms with E-state index in [1.54, 1.807) is 11.8 Å². The van der Waals surface area contributed by atoms with Gasteiger partial charge in [-0.15, -0.1) is 23.2 Å². The Hall–Kier alpha value is -0.693. The smallest absolute Gasteiger partial charge is 0.129 e. The van der Waals surface area contributed by atoms with E-state index < -0.39 is 8.07 Å². The van der Waals surface area contributed by atoms with Crippen LogP contribution >= 0.6 is 11.8 Å². The molecule has 1 nitrogen and oxygen atoms in total. The topological polar surface area (TPSA) is 20.2 Å². The molecule has 0 amide bonds. The molecule has 0 aromatic heterocycles. The second kappa shape index (κ2) is 8.56. The predicted octanol–water partition coefficient (Wildman–Crippen LogP) is 4.44. The summed E-state index contributed by atoms with van der Waals surface area (Å²) in [4.78, 5) is 1.25. The highest BCUT2D eigenvalue weighted by Gasteiger charge is 2.17.